The van der Waals surface area contributed by atoms with Crippen LogP contribution in [0.3, 0.4) is 0 Å². The third-order valence-corrected chi connectivity index (χ3v) is 10.9. The zero-order chi connectivity index (χ0) is 25.1. The molecule has 0 saturated heterocycles. The predicted molar refractivity (Wildman–Crippen MR) is 149 cm³/mol. The number of hydrogen-bond acceptors (Lipinski definition) is 1. The van der Waals surface area contributed by atoms with Crippen molar-refractivity contribution in [3.05, 3.63) is 23.3 Å². The molecule has 0 amide bonds. The first-order valence-electron chi connectivity index (χ1n) is 15.1. The summed E-state index contributed by atoms with van der Waals surface area (Å²) in [5.41, 5.74) is 3.44. The second-order valence-corrected chi connectivity index (χ2v) is 14.0. The Bertz CT molecular complexity index is 709. The fraction of sp³-hybridized carbons (Fsp3) is 0.879. The van der Waals surface area contributed by atoms with Gasteiger partial charge in [-0.3, -0.25) is 0 Å². The largest absolute Gasteiger partial charge is 0.390 e. The van der Waals surface area contributed by atoms with E-state index >= 15 is 0 Å². The summed E-state index contributed by atoms with van der Waals surface area (Å²) in [6.07, 6.45) is 21.3. The minimum atomic E-state index is -0.556. The Morgan fingerprint density at radius 1 is 1.03 bits per heavy atom. The Hall–Kier alpha value is -0.560. The Morgan fingerprint density at radius 2 is 1.76 bits per heavy atom. The number of hydrogen-bond donors (Lipinski definition) is 1. The van der Waals surface area contributed by atoms with Gasteiger partial charge in [-0.2, -0.15) is 0 Å². The summed E-state index contributed by atoms with van der Waals surface area (Å²) in [6, 6.07) is 0. The second-order valence-electron chi connectivity index (χ2n) is 14.0. The van der Waals surface area contributed by atoms with E-state index in [1.165, 1.54) is 70.6 Å². The molecule has 8 unspecified atom stereocenters. The van der Waals surface area contributed by atoms with E-state index in [0.717, 1.165) is 41.9 Å². The second kappa shape index (κ2) is 11.7. The molecule has 3 fully saturated rings. The molecule has 8 atom stereocenters. The summed E-state index contributed by atoms with van der Waals surface area (Å²) in [4.78, 5) is 0. The van der Waals surface area contributed by atoms with Crippen molar-refractivity contribution in [1.82, 2.24) is 0 Å². The van der Waals surface area contributed by atoms with Gasteiger partial charge in [0.15, 0.2) is 0 Å². The van der Waals surface area contributed by atoms with Crippen LogP contribution in [-0.2, 0) is 0 Å². The maximum Gasteiger partial charge on any atom is 0.0617 e. The molecule has 3 saturated carbocycles. The topological polar surface area (TPSA) is 20.2 Å². The molecule has 0 spiro atoms. The standard InChI is InChI=1S/C33H58O/c1-9-11-24(3)29-21-23(2)20-27(22-29)15-16-28-12-10-19-33(8)30(17-18-31(28)33)25(4)13-14-26(5)32(6,7)34/h15-16,23-26,29-31,34H,9-14,17-22H2,1-8H3. The fourth-order valence-corrected chi connectivity index (χ4v) is 8.32. The Morgan fingerprint density at radius 3 is 2.44 bits per heavy atom. The quantitative estimate of drug-likeness (QED) is 0.355. The van der Waals surface area contributed by atoms with E-state index in [9.17, 15) is 5.11 Å². The Balaban J connectivity index is 1.68. The highest BCUT2D eigenvalue weighted by Crippen LogP contribution is 2.60. The lowest BCUT2D eigenvalue weighted by Crippen LogP contribution is -2.36. The number of rotatable bonds is 9. The summed E-state index contributed by atoms with van der Waals surface area (Å²) in [7, 11) is 0. The number of allylic oxidation sites excluding steroid dienone is 4. The number of aliphatic hydroxyl groups is 1. The molecule has 3 rings (SSSR count). The van der Waals surface area contributed by atoms with Crippen molar-refractivity contribution in [2.24, 2.45) is 46.8 Å². The Labute approximate surface area is 213 Å². The van der Waals surface area contributed by atoms with Crippen molar-refractivity contribution in [3.8, 4) is 0 Å². The van der Waals surface area contributed by atoms with Crippen LogP contribution in [0.2, 0.25) is 0 Å². The van der Waals surface area contributed by atoms with Gasteiger partial charge in [0.1, 0.15) is 0 Å². The molecule has 0 aromatic carbocycles. The lowest BCUT2D eigenvalue weighted by atomic mass is 9.60. The first-order chi connectivity index (χ1) is 16.0. The molecule has 34 heavy (non-hydrogen) atoms. The summed E-state index contributed by atoms with van der Waals surface area (Å²) in [6.45, 7) is 18.6. The minimum absolute atomic E-state index is 0.371. The van der Waals surface area contributed by atoms with Gasteiger partial charge in [-0.25, -0.2) is 0 Å². The molecule has 0 aromatic heterocycles. The van der Waals surface area contributed by atoms with Crippen LogP contribution in [0, 0.1) is 46.8 Å². The zero-order valence-electron chi connectivity index (χ0n) is 24.1. The van der Waals surface area contributed by atoms with Crippen LogP contribution >= 0.6 is 0 Å². The summed E-state index contributed by atoms with van der Waals surface area (Å²) >= 11 is 0. The van der Waals surface area contributed by atoms with Gasteiger partial charge in [-0.05, 0) is 118 Å². The molecule has 1 nitrogen and oxygen atoms in total. The van der Waals surface area contributed by atoms with Gasteiger partial charge in [0, 0.05) is 0 Å². The highest BCUT2D eigenvalue weighted by atomic mass is 16.3. The first kappa shape index (κ1) is 28.0. The van der Waals surface area contributed by atoms with Crippen molar-refractivity contribution >= 4 is 0 Å². The lowest BCUT2D eigenvalue weighted by Gasteiger charge is -2.44. The van der Waals surface area contributed by atoms with Crippen molar-refractivity contribution in [3.63, 3.8) is 0 Å². The van der Waals surface area contributed by atoms with Crippen LogP contribution < -0.4 is 0 Å². The molecule has 3 aliphatic carbocycles. The molecule has 0 bridgehead atoms. The average molecular weight is 471 g/mol. The fourth-order valence-electron chi connectivity index (χ4n) is 8.32. The highest BCUT2D eigenvalue weighted by molar-refractivity contribution is 5.26. The molecule has 0 radical (unpaired) electrons. The maximum absolute atomic E-state index is 10.4. The summed E-state index contributed by atoms with van der Waals surface area (Å²) < 4.78 is 0. The third kappa shape index (κ3) is 6.60. The van der Waals surface area contributed by atoms with Crippen LogP contribution in [-0.4, -0.2) is 10.7 Å². The van der Waals surface area contributed by atoms with E-state index in [0.29, 0.717) is 11.3 Å². The van der Waals surface area contributed by atoms with E-state index in [1.54, 1.807) is 11.1 Å². The van der Waals surface area contributed by atoms with Crippen molar-refractivity contribution < 1.29 is 5.11 Å². The zero-order valence-corrected chi connectivity index (χ0v) is 24.1. The SMILES string of the molecule is CCCC(C)C1CC(=CC=C2CCCC3(C)C2CCC3C(C)CCC(C)C(C)(C)O)CC(C)C1. The van der Waals surface area contributed by atoms with E-state index in [2.05, 4.69) is 53.7 Å². The first-order valence-corrected chi connectivity index (χ1v) is 15.1. The predicted octanol–water partition coefficient (Wildman–Crippen LogP) is 9.75. The molecule has 3 aliphatic rings. The molecule has 0 aromatic rings. The van der Waals surface area contributed by atoms with E-state index in [1.807, 2.05) is 13.8 Å². The Kier molecular flexibility index (Phi) is 9.61. The van der Waals surface area contributed by atoms with Crippen LogP contribution in [0.4, 0.5) is 0 Å². The molecular weight excluding hydrogens is 412 g/mol. The maximum atomic E-state index is 10.4. The molecule has 1 N–H and O–H groups in total. The van der Waals surface area contributed by atoms with Gasteiger partial charge in [0.25, 0.3) is 0 Å². The van der Waals surface area contributed by atoms with Crippen molar-refractivity contribution in [1.29, 1.82) is 0 Å². The van der Waals surface area contributed by atoms with Gasteiger partial charge < -0.3 is 5.11 Å². The van der Waals surface area contributed by atoms with Gasteiger partial charge in [0.05, 0.1) is 5.60 Å². The normalized spacial score (nSPS) is 37.6. The van der Waals surface area contributed by atoms with Gasteiger partial charge in [-0.1, -0.05) is 84.1 Å². The van der Waals surface area contributed by atoms with Crippen molar-refractivity contribution in [2.45, 2.75) is 138 Å². The molecule has 0 aliphatic heterocycles. The summed E-state index contributed by atoms with van der Waals surface area (Å²) in [5.74, 6) is 5.39. The van der Waals surface area contributed by atoms with Crippen LogP contribution in [0.1, 0.15) is 132 Å². The lowest BCUT2D eigenvalue weighted by molar-refractivity contribution is 0.0150. The molecule has 1 heteroatoms. The molecule has 0 heterocycles. The average Bonchev–Trinajstić information content (AvgIpc) is 3.12. The van der Waals surface area contributed by atoms with Crippen LogP contribution in [0.5, 0.6) is 0 Å². The van der Waals surface area contributed by atoms with Gasteiger partial charge in [0.2, 0.25) is 0 Å². The van der Waals surface area contributed by atoms with E-state index in [-0.39, 0.29) is 0 Å². The van der Waals surface area contributed by atoms with Crippen molar-refractivity contribution in [2.75, 3.05) is 0 Å². The van der Waals surface area contributed by atoms with Crippen LogP contribution in [0.25, 0.3) is 0 Å². The monoisotopic (exact) mass is 470 g/mol. The van der Waals surface area contributed by atoms with E-state index < -0.39 is 5.60 Å². The number of fused-ring (bicyclic) bond motifs is 1. The smallest absolute Gasteiger partial charge is 0.0617 e. The minimum Gasteiger partial charge on any atom is -0.390 e. The van der Waals surface area contributed by atoms with E-state index in [4.69, 9.17) is 0 Å². The molecule has 196 valence electrons. The summed E-state index contributed by atoms with van der Waals surface area (Å²) in [5, 5.41) is 10.4. The van der Waals surface area contributed by atoms with Crippen LogP contribution in [0.15, 0.2) is 23.3 Å². The van der Waals surface area contributed by atoms with Gasteiger partial charge in [-0.15, -0.1) is 0 Å². The van der Waals surface area contributed by atoms with Gasteiger partial charge >= 0.3 is 0 Å². The third-order valence-electron chi connectivity index (χ3n) is 10.9. The molecular formula is C33H58O. The highest BCUT2D eigenvalue weighted by Gasteiger charge is 2.50.